The Labute approximate surface area is 113 Å². The topological polar surface area (TPSA) is 12.0 Å². The van der Waals surface area contributed by atoms with Crippen molar-refractivity contribution in [2.75, 3.05) is 12.3 Å². The van der Waals surface area contributed by atoms with E-state index in [2.05, 4.69) is 41.5 Å². The van der Waals surface area contributed by atoms with Gasteiger partial charge in [-0.2, -0.15) is 11.8 Å². The normalized spacial score (nSPS) is 19.4. The lowest BCUT2D eigenvalue weighted by atomic mass is 10.0. The molecule has 1 aromatic heterocycles. The number of rotatable bonds is 6. The molecule has 96 valence electrons. The Kier molecular flexibility index (Phi) is 5.89. The Morgan fingerprint density at radius 2 is 2.24 bits per heavy atom. The zero-order valence-corrected chi connectivity index (χ0v) is 12.3. The molecule has 1 saturated carbocycles. The Balaban J connectivity index is 1.56. The van der Waals surface area contributed by atoms with Crippen LogP contribution in [0.3, 0.4) is 0 Å². The quantitative estimate of drug-likeness (QED) is 0.765. The molecule has 0 spiro atoms. The molecule has 1 atom stereocenters. The largest absolute Gasteiger partial charge is 0.309 e. The molecule has 1 aromatic rings. The minimum atomic E-state index is 0.516. The van der Waals surface area contributed by atoms with Crippen molar-refractivity contribution >= 4 is 23.1 Å². The van der Waals surface area contributed by atoms with Crippen LogP contribution >= 0.6 is 23.1 Å². The third kappa shape index (κ3) is 4.65. The van der Waals surface area contributed by atoms with Gasteiger partial charge in [-0.3, -0.25) is 0 Å². The van der Waals surface area contributed by atoms with Gasteiger partial charge < -0.3 is 5.32 Å². The van der Waals surface area contributed by atoms with Gasteiger partial charge in [0.15, 0.2) is 0 Å². The second-order valence-electron chi connectivity index (χ2n) is 4.82. The van der Waals surface area contributed by atoms with E-state index in [1.54, 1.807) is 0 Å². The molecule has 0 aliphatic heterocycles. The van der Waals surface area contributed by atoms with Crippen LogP contribution in [-0.4, -0.2) is 17.5 Å². The van der Waals surface area contributed by atoms with E-state index in [0.29, 0.717) is 6.04 Å². The smallest absolute Gasteiger partial charge is 0.0386 e. The van der Waals surface area contributed by atoms with Crippen LogP contribution in [0.2, 0.25) is 0 Å². The van der Waals surface area contributed by atoms with Crippen molar-refractivity contribution in [3.8, 4) is 0 Å². The second kappa shape index (κ2) is 7.45. The monoisotopic (exact) mass is 269 g/mol. The highest BCUT2D eigenvalue weighted by Crippen LogP contribution is 2.28. The fourth-order valence-electron chi connectivity index (χ4n) is 2.37. The average Bonchev–Trinajstić information content (AvgIpc) is 2.89. The number of thioether (sulfide) groups is 1. The van der Waals surface area contributed by atoms with Gasteiger partial charge >= 0.3 is 0 Å². The van der Waals surface area contributed by atoms with Gasteiger partial charge in [-0.25, -0.2) is 0 Å². The third-order valence-electron chi connectivity index (χ3n) is 3.43. The van der Waals surface area contributed by atoms with Crippen molar-refractivity contribution in [3.05, 3.63) is 22.4 Å². The first-order chi connectivity index (χ1) is 8.36. The predicted molar refractivity (Wildman–Crippen MR) is 80.1 cm³/mol. The van der Waals surface area contributed by atoms with Crippen LogP contribution < -0.4 is 5.32 Å². The molecule has 1 aliphatic rings. The van der Waals surface area contributed by atoms with E-state index in [4.69, 9.17) is 0 Å². The average molecular weight is 269 g/mol. The maximum atomic E-state index is 3.61. The Bertz CT molecular complexity index is 291. The van der Waals surface area contributed by atoms with Gasteiger partial charge in [-0.05, 0) is 31.2 Å². The second-order valence-corrected chi connectivity index (χ2v) is 7.21. The summed E-state index contributed by atoms with van der Waals surface area (Å²) in [4.78, 5) is 1.45. The van der Waals surface area contributed by atoms with Crippen LogP contribution in [0, 0.1) is 0 Å². The van der Waals surface area contributed by atoms with Crippen LogP contribution in [0.25, 0.3) is 0 Å². The van der Waals surface area contributed by atoms with Crippen molar-refractivity contribution in [2.24, 2.45) is 0 Å². The Morgan fingerprint density at radius 3 is 2.94 bits per heavy atom. The fourth-order valence-corrected chi connectivity index (χ4v) is 4.37. The minimum Gasteiger partial charge on any atom is -0.309 e. The van der Waals surface area contributed by atoms with Crippen molar-refractivity contribution < 1.29 is 0 Å². The van der Waals surface area contributed by atoms with Crippen LogP contribution in [0.15, 0.2) is 17.5 Å². The lowest BCUT2D eigenvalue weighted by Gasteiger charge is -2.21. The number of nitrogens with one attached hydrogen (secondary N) is 1. The van der Waals surface area contributed by atoms with Crippen molar-refractivity contribution in [2.45, 2.75) is 50.3 Å². The predicted octanol–water partition coefficient (Wildman–Crippen LogP) is 4.46. The van der Waals surface area contributed by atoms with Gasteiger partial charge in [0.05, 0.1) is 0 Å². The highest BCUT2D eigenvalue weighted by molar-refractivity contribution is 7.99. The van der Waals surface area contributed by atoms with Crippen LogP contribution in [-0.2, 0) is 0 Å². The third-order valence-corrected chi connectivity index (χ3v) is 5.87. The number of hydrogen-bond acceptors (Lipinski definition) is 3. The first kappa shape index (κ1) is 13.4. The molecule has 3 heteroatoms. The number of hydrogen-bond donors (Lipinski definition) is 1. The summed E-state index contributed by atoms with van der Waals surface area (Å²) in [5.41, 5.74) is 0. The molecule has 2 rings (SSSR count). The van der Waals surface area contributed by atoms with Crippen molar-refractivity contribution in [1.82, 2.24) is 5.32 Å². The van der Waals surface area contributed by atoms with E-state index in [-0.39, 0.29) is 0 Å². The van der Waals surface area contributed by atoms with Gasteiger partial charge in [-0.15, -0.1) is 11.3 Å². The maximum Gasteiger partial charge on any atom is 0.0386 e. The summed E-state index contributed by atoms with van der Waals surface area (Å²) in [5, 5.41) is 6.72. The summed E-state index contributed by atoms with van der Waals surface area (Å²) in [6.45, 7) is 3.40. The van der Waals surface area contributed by atoms with E-state index >= 15 is 0 Å². The molecule has 0 amide bonds. The Morgan fingerprint density at radius 1 is 1.41 bits per heavy atom. The Hall–Kier alpha value is 0.01000. The molecule has 17 heavy (non-hydrogen) atoms. The minimum absolute atomic E-state index is 0.516. The van der Waals surface area contributed by atoms with Gasteiger partial charge in [0.2, 0.25) is 0 Å². The van der Waals surface area contributed by atoms with E-state index < -0.39 is 0 Å². The molecular formula is C14H23NS2. The summed E-state index contributed by atoms with van der Waals surface area (Å²) in [5.74, 6) is 1.26. The van der Waals surface area contributed by atoms with E-state index in [0.717, 1.165) is 11.8 Å². The molecule has 0 radical (unpaired) electrons. The lowest BCUT2D eigenvalue weighted by Crippen LogP contribution is -2.21. The molecule has 0 saturated heterocycles. The molecule has 1 aliphatic carbocycles. The zero-order valence-electron chi connectivity index (χ0n) is 10.7. The standard InChI is InChI=1S/C14H23NS2/c1-12(14-8-5-10-17-14)15-9-11-16-13-6-3-2-4-7-13/h5,8,10,12-13,15H,2-4,6-7,9,11H2,1H3. The van der Waals surface area contributed by atoms with E-state index in [1.165, 1.54) is 42.7 Å². The van der Waals surface area contributed by atoms with Gasteiger partial charge in [-0.1, -0.05) is 25.3 Å². The SMILES string of the molecule is CC(NCCSC1CCCCC1)c1cccs1. The number of thiophene rings is 1. The van der Waals surface area contributed by atoms with Crippen LogP contribution in [0.4, 0.5) is 0 Å². The van der Waals surface area contributed by atoms with Crippen LogP contribution in [0.1, 0.15) is 49.9 Å². The molecular weight excluding hydrogens is 246 g/mol. The summed E-state index contributed by atoms with van der Waals surface area (Å²) < 4.78 is 0. The van der Waals surface area contributed by atoms with Crippen molar-refractivity contribution in [3.63, 3.8) is 0 Å². The summed E-state index contributed by atoms with van der Waals surface area (Å²) in [6, 6.07) is 4.87. The molecule has 1 unspecified atom stereocenters. The summed E-state index contributed by atoms with van der Waals surface area (Å²) >= 11 is 4.03. The molecule has 1 heterocycles. The van der Waals surface area contributed by atoms with Gasteiger partial charge in [0, 0.05) is 28.5 Å². The van der Waals surface area contributed by atoms with E-state index in [9.17, 15) is 0 Å². The van der Waals surface area contributed by atoms with Crippen LogP contribution in [0.5, 0.6) is 0 Å². The zero-order chi connectivity index (χ0) is 11.9. The van der Waals surface area contributed by atoms with Crippen molar-refractivity contribution in [1.29, 1.82) is 0 Å². The molecule has 1 N–H and O–H groups in total. The first-order valence-electron chi connectivity index (χ1n) is 6.74. The first-order valence-corrected chi connectivity index (χ1v) is 8.67. The summed E-state index contributed by atoms with van der Waals surface area (Å²) in [7, 11) is 0. The van der Waals surface area contributed by atoms with E-state index in [1.807, 2.05) is 11.3 Å². The lowest BCUT2D eigenvalue weighted by molar-refractivity contribution is 0.515. The summed E-state index contributed by atoms with van der Waals surface area (Å²) in [6.07, 6.45) is 7.27. The van der Waals surface area contributed by atoms with Gasteiger partial charge in [0.25, 0.3) is 0 Å². The molecule has 1 nitrogen and oxygen atoms in total. The molecule has 0 aromatic carbocycles. The molecule has 1 fully saturated rings. The molecule has 0 bridgehead atoms. The maximum absolute atomic E-state index is 3.61. The highest BCUT2D eigenvalue weighted by Gasteiger charge is 2.13. The highest BCUT2D eigenvalue weighted by atomic mass is 32.2. The van der Waals surface area contributed by atoms with Gasteiger partial charge in [0.1, 0.15) is 0 Å². The fraction of sp³-hybridized carbons (Fsp3) is 0.714.